The van der Waals surface area contributed by atoms with Crippen molar-refractivity contribution in [1.82, 2.24) is 5.43 Å². The van der Waals surface area contributed by atoms with Gasteiger partial charge in [-0.3, -0.25) is 4.79 Å². The zero-order valence-corrected chi connectivity index (χ0v) is 14.6. The Kier molecular flexibility index (Phi) is 5.94. The number of aromatic carboxylic acids is 1. The summed E-state index contributed by atoms with van der Waals surface area (Å²) in [4.78, 5) is 23.5. The second-order valence-electron chi connectivity index (χ2n) is 4.90. The van der Waals surface area contributed by atoms with E-state index in [9.17, 15) is 9.59 Å². The van der Waals surface area contributed by atoms with Crippen molar-refractivity contribution < 1.29 is 19.4 Å². The third kappa shape index (κ3) is 4.81. The second kappa shape index (κ2) is 7.94. The van der Waals surface area contributed by atoms with Gasteiger partial charge in [0, 0.05) is 5.02 Å². The van der Waals surface area contributed by atoms with E-state index in [1.54, 1.807) is 31.2 Å². The molecule has 1 aromatic heterocycles. The third-order valence-corrected chi connectivity index (χ3v) is 4.63. The molecule has 1 aromatic carbocycles. The van der Waals surface area contributed by atoms with E-state index in [4.69, 9.17) is 21.4 Å². The summed E-state index contributed by atoms with van der Waals surface area (Å²) in [6.07, 6.45) is 0. The highest BCUT2D eigenvalue weighted by Gasteiger charge is 2.09. The normalized spacial score (nSPS) is 11.2. The first-order chi connectivity index (χ1) is 11.4. The Labute approximate surface area is 147 Å². The number of carbonyl (C=O) groups excluding carboxylic acids is 1. The van der Waals surface area contributed by atoms with Gasteiger partial charge in [-0.2, -0.15) is 5.10 Å². The number of halogens is 1. The van der Waals surface area contributed by atoms with Crippen molar-refractivity contribution in [2.75, 3.05) is 6.61 Å². The van der Waals surface area contributed by atoms with E-state index in [0.717, 1.165) is 16.9 Å². The van der Waals surface area contributed by atoms with Gasteiger partial charge in [0.25, 0.3) is 5.91 Å². The molecule has 1 heterocycles. The van der Waals surface area contributed by atoms with Gasteiger partial charge in [0.05, 0.1) is 10.6 Å². The molecule has 0 fully saturated rings. The van der Waals surface area contributed by atoms with Crippen LogP contribution in [-0.2, 0) is 4.79 Å². The van der Waals surface area contributed by atoms with Crippen LogP contribution in [0.2, 0.25) is 5.02 Å². The van der Waals surface area contributed by atoms with E-state index < -0.39 is 11.9 Å². The molecule has 0 radical (unpaired) electrons. The van der Waals surface area contributed by atoms with Crippen LogP contribution in [-0.4, -0.2) is 29.3 Å². The molecular weight excluding hydrogens is 352 g/mol. The quantitative estimate of drug-likeness (QED) is 0.606. The molecule has 2 N–H and O–H groups in total. The molecule has 0 spiro atoms. The Bertz CT molecular complexity index is 801. The summed E-state index contributed by atoms with van der Waals surface area (Å²) < 4.78 is 5.36. The summed E-state index contributed by atoms with van der Waals surface area (Å²) in [7, 11) is 0. The number of carbonyl (C=O) groups is 2. The lowest BCUT2D eigenvalue weighted by Crippen LogP contribution is -2.25. The molecular formula is C16H15ClN2O4S. The van der Waals surface area contributed by atoms with E-state index in [0.29, 0.717) is 21.4 Å². The maximum Gasteiger partial charge on any atom is 0.345 e. The molecule has 1 amide bonds. The second-order valence-corrected chi connectivity index (χ2v) is 6.39. The van der Waals surface area contributed by atoms with Crippen LogP contribution in [0.5, 0.6) is 5.75 Å². The van der Waals surface area contributed by atoms with Crippen molar-refractivity contribution in [3.05, 3.63) is 50.7 Å². The Morgan fingerprint density at radius 3 is 2.62 bits per heavy atom. The van der Waals surface area contributed by atoms with Crippen LogP contribution in [0.25, 0.3) is 0 Å². The molecule has 6 nitrogen and oxygen atoms in total. The zero-order chi connectivity index (χ0) is 17.7. The van der Waals surface area contributed by atoms with E-state index in [-0.39, 0.29) is 11.5 Å². The Morgan fingerprint density at radius 2 is 2.00 bits per heavy atom. The van der Waals surface area contributed by atoms with Gasteiger partial charge in [-0.25, -0.2) is 10.2 Å². The topological polar surface area (TPSA) is 88.0 Å². The predicted molar refractivity (Wildman–Crippen MR) is 93.3 cm³/mol. The van der Waals surface area contributed by atoms with Crippen LogP contribution in [0.3, 0.4) is 0 Å². The minimum Gasteiger partial charge on any atom is -0.484 e. The molecule has 0 saturated heterocycles. The van der Waals surface area contributed by atoms with Gasteiger partial charge in [-0.15, -0.1) is 11.3 Å². The highest BCUT2D eigenvalue weighted by atomic mass is 35.5. The number of thiophene rings is 1. The van der Waals surface area contributed by atoms with Crippen molar-refractivity contribution in [1.29, 1.82) is 0 Å². The lowest BCUT2D eigenvalue weighted by Gasteiger charge is -2.07. The maximum absolute atomic E-state index is 11.8. The Hall–Kier alpha value is -2.38. The number of rotatable bonds is 6. The number of carboxylic acids is 1. The summed E-state index contributed by atoms with van der Waals surface area (Å²) in [5, 5.41) is 13.5. The van der Waals surface area contributed by atoms with Crippen molar-refractivity contribution in [2.24, 2.45) is 5.10 Å². The highest BCUT2D eigenvalue weighted by Crippen LogP contribution is 2.21. The molecule has 2 aromatic rings. The smallest absolute Gasteiger partial charge is 0.345 e. The van der Waals surface area contributed by atoms with Gasteiger partial charge in [0.15, 0.2) is 6.61 Å². The van der Waals surface area contributed by atoms with Crippen LogP contribution < -0.4 is 10.2 Å². The molecule has 0 aliphatic heterocycles. The highest BCUT2D eigenvalue weighted by molar-refractivity contribution is 7.15. The summed E-state index contributed by atoms with van der Waals surface area (Å²) in [6.45, 7) is 3.33. The molecule has 0 aliphatic carbocycles. The average molecular weight is 367 g/mol. The number of carboxylic acid groups (broad SMARTS) is 1. The van der Waals surface area contributed by atoms with Crippen molar-refractivity contribution in [3.8, 4) is 5.75 Å². The van der Waals surface area contributed by atoms with E-state index >= 15 is 0 Å². The fourth-order valence-electron chi connectivity index (χ4n) is 1.74. The van der Waals surface area contributed by atoms with Gasteiger partial charge >= 0.3 is 5.97 Å². The summed E-state index contributed by atoms with van der Waals surface area (Å²) in [5.41, 5.74) is 3.75. The van der Waals surface area contributed by atoms with Gasteiger partial charge < -0.3 is 9.84 Å². The lowest BCUT2D eigenvalue weighted by molar-refractivity contribution is -0.123. The first-order valence-electron chi connectivity index (χ1n) is 6.92. The molecule has 0 saturated carbocycles. The van der Waals surface area contributed by atoms with E-state index in [2.05, 4.69) is 10.5 Å². The van der Waals surface area contributed by atoms with Gasteiger partial charge in [0.1, 0.15) is 10.6 Å². The number of hydrazone groups is 1. The van der Waals surface area contributed by atoms with Gasteiger partial charge in [0.2, 0.25) is 0 Å². The van der Waals surface area contributed by atoms with Crippen molar-refractivity contribution in [3.63, 3.8) is 0 Å². The third-order valence-electron chi connectivity index (χ3n) is 3.02. The Balaban J connectivity index is 1.89. The van der Waals surface area contributed by atoms with Crippen LogP contribution in [0.1, 0.15) is 27.0 Å². The molecule has 24 heavy (non-hydrogen) atoms. The van der Waals surface area contributed by atoms with Gasteiger partial charge in [-0.05, 0) is 49.7 Å². The van der Waals surface area contributed by atoms with Crippen LogP contribution >= 0.6 is 22.9 Å². The van der Waals surface area contributed by atoms with Crippen LogP contribution in [0.4, 0.5) is 0 Å². The minimum atomic E-state index is -0.991. The summed E-state index contributed by atoms with van der Waals surface area (Å²) in [5.74, 6) is -0.871. The van der Waals surface area contributed by atoms with Crippen LogP contribution in [0, 0.1) is 6.92 Å². The molecule has 8 heteroatoms. The van der Waals surface area contributed by atoms with Crippen molar-refractivity contribution in [2.45, 2.75) is 13.8 Å². The molecule has 0 bridgehead atoms. The number of nitrogens with zero attached hydrogens (tertiary/aromatic N) is 1. The number of benzene rings is 1. The SMILES string of the molecule is C/C(=N/NC(=O)COc1ccc(Cl)c(C)c1)c1ccc(C(=O)O)s1. The first kappa shape index (κ1) is 18.0. The first-order valence-corrected chi connectivity index (χ1v) is 8.12. The number of hydrogen-bond donors (Lipinski definition) is 2. The summed E-state index contributed by atoms with van der Waals surface area (Å²) >= 11 is 7.01. The molecule has 0 unspecified atom stereocenters. The Morgan fingerprint density at radius 1 is 1.29 bits per heavy atom. The standard InChI is InChI=1S/C16H15ClN2O4S/c1-9-7-11(3-4-12(9)17)23-8-15(20)19-18-10(2)13-5-6-14(24-13)16(21)22/h3-7H,8H2,1-2H3,(H,19,20)(H,21,22)/b18-10-. The number of hydrogen-bond acceptors (Lipinski definition) is 5. The fraction of sp³-hybridized carbons (Fsp3) is 0.188. The maximum atomic E-state index is 11.8. The number of amides is 1. The average Bonchev–Trinajstić information content (AvgIpc) is 3.04. The molecule has 2 rings (SSSR count). The lowest BCUT2D eigenvalue weighted by atomic mass is 10.2. The monoisotopic (exact) mass is 366 g/mol. The number of aryl methyl sites for hydroxylation is 1. The largest absolute Gasteiger partial charge is 0.484 e. The molecule has 0 aliphatic rings. The molecule has 126 valence electrons. The van der Waals surface area contributed by atoms with E-state index in [1.165, 1.54) is 6.07 Å². The van der Waals surface area contributed by atoms with E-state index in [1.807, 2.05) is 6.92 Å². The zero-order valence-electron chi connectivity index (χ0n) is 13.0. The summed E-state index contributed by atoms with van der Waals surface area (Å²) in [6, 6.07) is 8.25. The number of nitrogens with one attached hydrogen (secondary N) is 1. The van der Waals surface area contributed by atoms with Crippen LogP contribution in [0.15, 0.2) is 35.4 Å². The predicted octanol–water partition coefficient (Wildman–Crippen LogP) is 3.33. The minimum absolute atomic E-state index is 0.192. The molecule has 0 atom stereocenters. The number of ether oxygens (including phenoxy) is 1. The van der Waals surface area contributed by atoms with Crippen molar-refractivity contribution >= 4 is 40.5 Å². The van der Waals surface area contributed by atoms with Gasteiger partial charge in [-0.1, -0.05) is 11.6 Å². The fourth-order valence-corrected chi connectivity index (χ4v) is 2.64.